The van der Waals surface area contributed by atoms with E-state index < -0.39 is 0 Å². The minimum absolute atomic E-state index is 0.0439. The topological polar surface area (TPSA) is 46.9 Å². The largest absolute Gasteiger partial charge is 0.326 e. The second-order valence-electron chi connectivity index (χ2n) is 6.28. The van der Waals surface area contributed by atoms with Gasteiger partial charge in [0.25, 0.3) is 0 Å². The molecule has 2 aromatic rings. The number of carbonyl (C=O) groups excluding carboxylic acids is 1. The first-order chi connectivity index (χ1) is 10.9. The van der Waals surface area contributed by atoms with Gasteiger partial charge in [-0.05, 0) is 72.5 Å². The van der Waals surface area contributed by atoms with E-state index in [1.165, 1.54) is 11.3 Å². The van der Waals surface area contributed by atoms with Crippen LogP contribution in [-0.4, -0.2) is 15.7 Å². The lowest BCUT2D eigenvalue weighted by Crippen LogP contribution is -2.13. The van der Waals surface area contributed by atoms with Gasteiger partial charge in [-0.2, -0.15) is 5.10 Å². The van der Waals surface area contributed by atoms with Crippen LogP contribution in [0.5, 0.6) is 0 Å². The fourth-order valence-corrected chi connectivity index (χ4v) is 3.19. The summed E-state index contributed by atoms with van der Waals surface area (Å²) in [5, 5.41) is 7.57. The number of amides is 1. The molecule has 0 aliphatic carbocycles. The normalized spacial score (nSPS) is 11.0. The highest BCUT2D eigenvalue weighted by atomic mass is 127. The average molecular weight is 425 g/mol. The molecule has 0 aliphatic heterocycles. The van der Waals surface area contributed by atoms with Crippen molar-refractivity contribution < 1.29 is 4.79 Å². The van der Waals surface area contributed by atoms with E-state index in [9.17, 15) is 4.79 Å². The van der Waals surface area contributed by atoms with Gasteiger partial charge in [-0.25, -0.2) is 0 Å². The summed E-state index contributed by atoms with van der Waals surface area (Å²) in [6.07, 6.45) is 1.20. The fourth-order valence-electron chi connectivity index (χ4n) is 2.65. The number of nitrogens with zero attached hydrogens (tertiary/aromatic N) is 2. The van der Waals surface area contributed by atoms with Gasteiger partial charge in [0.05, 0.1) is 5.69 Å². The second-order valence-corrected chi connectivity index (χ2v) is 7.53. The summed E-state index contributed by atoms with van der Waals surface area (Å²) in [6, 6.07) is 7.83. The van der Waals surface area contributed by atoms with Crippen molar-refractivity contribution in [3.05, 3.63) is 44.8 Å². The van der Waals surface area contributed by atoms with Crippen LogP contribution in [-0.2, 0) is 17.8 Å². The van der Waals surface area contributed by atoms with E-state index in [0.717, 1.165) is 27.9 Å². The average Bonchev–Trinajstić information content (AvgIpc) is 2.70. The molecule has 124 valence electrons. The molecule has 0 saturated heterocycles. The van der Waals surface area contributed by atoms with E-state index in [-0.39, 0.29) is 5.91 Å². The number of benzene rings is 1. The Morgan fingerprint density at radius 1 is 1.35 bits per heavy atom. The quantitative estimate of drug-likeness (QED) is 0.701. The second kappa shape index (κ2) is 7.95. The molecule has 0 fully saturated rings. The summed E-state index contributed by atoms with van der Waals surface area (Å²) >= 11 is 2.24. The highest BCUT2D eigenvalue weighted by Crippen LogP contribution is 2.17. The van der Waals surface area contributed by atoms with Gasteiger partial charge in [-0.15, -0.1) is 0 Å². The molecule has 0 saturated carbocycles. The van der Waals surface area contributed by atoms with Gasteiger partial charge in [0.1, 0.15) is 0 Å². The van der Waals surface area contributed by atoms with Gasteiger partial charge in [0.2, 0.25) is 5.91 Å². The lowest BCUT2D eigenvalue weighted by Gasteiger charge is -2.08. The molecule has 1 amide bonds. The molecule has 2 rings (SSSR count). The summed E-state index contributed by atoms with van der Waals surface area (Å²) in [5.41, 5.74) is 4.26. The van der Waals surface area contributed by atoms with E-state index in [1.807, 2.05) is 31.2 Å². The summed E-state index contributed by atoms with van der Waals surface area (Å²) in [7, 11) is 0. The third kappa shape index (κ3) is 5.06. The van der Waals surface area contributed by atoms with Gasteiger partial charge in [-0.3, -0.25) is 9.48 Å². The number of carbonyl (C=O) groups is 1. The SMILES string of the molecule is Cc1nn(CC(C)C)c(C)c1CCC(=O)Nc1cccc(I)c1. The Hall–Kier alpha value is -1.37. The first kappa shape index (κ1) is 18.0. The Bertz CT molecular complexity index is 692. The highest BCUT2D eigenvalue weighted by molar-refractivity contribution is 14.1. The monoisotopic (exact) mass is 425 g/mol. The Morgan fingerprint density at radius 2 is 2.09 bits per heavy atom. The Kier molecular flexibility index (Phi) is 6.21. The van der Waals surface area contributed by atoms with Crippen molar-refractivity contribution in [2.45, 2.75) is 47.1 Å². The van der Waals surface area contributed by atoms with Crippen LogP contribution in [0.25, 0.3) is 0 Å². The first-order valence-electron chi connectivity index (χ1n) is 7.95. The Balaban J connectivity index is 1.98. The molecule has 0 aliphatic rings. The maximum atomic E-state index is 12.2. The summed E-state index contributed by atoms with van der Waals surface area (Å²) in [5.74, 6) is 0.604. The Morgan fingerprint density at radius 3 is 2.74 bits per heavy atom. The number of aryl methyl sites for hydroxylation is 1. The number of aromatic nitrogens is 2. The van der Waals surface area contributed by atoms with Crippen LogP contribution in [0.4, 0.5) is 5.69 Å². The van der Waals surface area contributed by atoms with Crippen molar-refractivity contribution in [2.75, 3.05) is 5.32 Å². The third-order valence-electron chi connectivity index (χ3n) is 3.78. The molecule has 0 atom stereocenters. The molecule has 5 heteroatoms. The van der Waals surface area contributed by atoms with E-state index >= 15 is 0 Å². The smallest absolute Gasteiger partial charge is 0.224 e. The maximum absolute atomic E-state index is 12.2. The molecular weight excluding hydrogens is 401 g/mol. The molecule has 0 unspecified atom stereocenters. The summed E-state index contributed by atoms with van der Waals surface area (Å²) < 4.78 is 3.18. The number of nitrogens with one attached hydrogen (secondary N) is 1. The van der Waals surface area contributed by atoms with E-state index in [4.69, 9.17) is 0 Å². The van der Waals surface area contributed by atoms with Crippen LogP contribution in [0.1, 0.15) is 37.2 Å². The van der Waals surface area contributed by atoms with E-state index in [0.29, 0.717) is 12.3 Å². The van der Waals surface area contributed by atoms with Gasteiger partial charge >= 0.3 is 0 Å². The molecule has 0 radical (unpaired) electrons. The van der Waals surface area contributed by atoms with Crippen molar-refractivity contribution in [3.63, 3.8) is 0 Å². The lowest BCUT2D eigenvalue weighted by atomic mass is 10.1. The molecule has 23 heavy (non-hydrogen) atoms. The van der Waals surface area contributed by atoms with Crippen LogP contribution in [0.15, 0.2) is 24.3 Å². The third-order valence-corrected chi connectivity index (χ3v) is 4.45. The minimum Gasteiger partial charge on any atom is -0.326 e. The van der Waals surface area contributed by atoms with Crippen LogP contribution in [0, 0.1) is 23.3 Å². The number of anilines is 1. The molecule has 1 aromatic carbocycles. The summed E-state index contributed by atoms with van der Waals surface area (Å²) in [4.78, 5) is 12.2. The van der Waals surface area contributed by atoms with Crippen LogP contribution >= 0.6 is 22.6 Å². The van der Waals surface area contributed by atoms with Crippen LogP contribution in [0.3, 0.4) is 0 Å². The summed E-state index contributed by atoms with van der Waals surface area (Å²) in [6.45, 7) is 9.41. The fraction of sp³-hybridized carbons (Fsp3) is 0.444. The molecule has 1 aromatic heterocycles. The van der Waals surface area contributed by atoms with Crippen molar-refractivity contribution in [1.29, 1.82) is 0 Å². The standard InChI is InChI=1S/C18H24IN3O/c1-12(2)11-22-14(4)17(13(3)21-22)8-9-18(23)20-16-7-5-6-15(19)10-16/h5-7,10,12H,8-9,11H2,1-4H3,(H,20,23). The molecule has 4 nitrogen and oxygen atoms in total. The van der Waals surface area contributed by atoms with Gasteiger partial charge in [-0.1, -0.05) is 19.9 Å². The molecule has 0 spiro atoms. The molecule has 1 N–H and O–H groups in total. The predicted octanol–water partition coefficient (Wildman–Crippen LogP) is 4.33. The predicted molar refractivity (Wildman–Crippen MR) is 103 cm³/mol. The number of halogens is 1. The van der Waals surface area contributed by atoms with Crippen molar-refractivity contribution in [3.8, 4) is 0 Å². The zero-order valence-corrected chi connectivity index (χ0v) is 16.3. The van der Waals surface area contributed by atoms with Crippen LogP contribution < -0.4 is 5.32 Å². The highest BCUT2D eigenvalue weighted by Gasteiger charge is 2.14. The van der Waals surface area contributed by atoms with Gasteiger partial charge in [0.15, 0.2) is 0 Å². The van der Waals surface area contributed by atoms with Crippen molar-refractivity contribution in [2.24, 2.45) is 5.92 Å². The first-order valence-corrected chi connectivity index (χ1v) is 9.03. The maximum Gasteiger partial charge on any atom is 0.224 e. The van der Waals surface area contributed by atoms with Crippen molar-refractivity contribution in [1.82, 2.24) is 9.78 Å². The Labute approximate surface area is 151 Å². The van der Waals surface area contributed by atoms with E-state index in [1.54, 1.807) is 0 Å². The number of hydrogen-bond donors (Lipinski definition) is 1. The molecule has 1 heterocycles. The number of rotatable bonds is 6. The van der Waals surface area contributed by atoms with Gasteiger partial charge in [0, 0.05) is 27.9 Å². The molecule has 0 bridgehead atoms. The molecular formula is C18H24IN3O. The number of hydrogen-bond acceptors (Lipinski definition) is 2. The minimum atomic E-state index is 0.0439. The van der Waals surface area contributed by atoms with Crippen LogP contribution in [0.2, 0.25) is 0 Å². The van der Waals surface area contributed by atoms with E-state index in [2.05, 4.69) is 58.5 Å². The zero-order chi connectivity index (χ0) is 17.0. The van der Waals surface area contributed by atoms with Gasteiger partial charge < -0.3 is 5.32 Å². The van der Waals surface area contributed by atoms with Crippen molar-refractivity contribution >= 4 is 34.2 Å². The zero-order valence-electron chi connectivity index (χ0n) is 14.2. The lowest BCUT2D eigenvalue weighted by molar-refractivity contribution is -0.116.